The standard InChI is InChI=1S/C14H9N3O/c1-2-6-12-9(4-1)14-13(18-12)8-11-10(16-14)5-3-7-15-17-11/h1-8,17H. The van der Waals surface area contributed by atoms with Crippen LogP contribution in [0.25, 0.3) is 28.1 Å². The third kappa shape index (κ3) is 1.26. The van der Waals surface area contributed by atoms with Crippen LogP contribution in [0.4, 0.5) is 5.69 Å². The molecule has 0 bridgehead atoms. The maximum Gasteiger partial charge on any atom is 0.156 e. The van der Waals surface area contributed by atoms with E-state index in [0.717, 1.165) is 33.5 Å². The molecule has 4 heteroatoms. The smallest absolute Gasteiger partial charge is 0.156 e. The van der Waals surface area contributed by atoms with E-state index in [1.807, 2.05) is 42.5 Å². The first-order valence-electron chi connectivity index (χ1n) is 5.70. The molecular formula is C14H9N3O. The van der Waals surface area contributed by atoms with Gasteiger partial charge in [0, 0.05) is 17.7 Å². The lowest BCUT2D eigenvalue weighted by Gasteiger charge is -2.02. The molecule has 0 saturated heterocycles. The minimum absolute atomic E-state index is 0.771. The Labute approximate surface area is 103 Å². The highest BCUT2D eigenvalue weighted by Crippen LogP contribution is 2.31. The molecule has 0 spiro atoms. The molecule has 0 radical (unpaired) electrons. The summed E-state index contributed by atoms with van der Waals surface area (Å²) >= 11 is 0. The van der Waals surface area contributed by atoms with Gasteiger partial charge >= 0.3 is 0 Å². The van der Waals surface area contributed by atoms with Crippen molar-refractivity contribution in [2.75, 3.05) is 5.43 Å². The average Bonchev–Trinajstić information content (AvgIpc) is 2.59. The second-order valence-corrected chi connectivity index (χ2v) is 4.12. The number of hydrazone groups is 1. The van der Waals surface area contributed by atoms with E-state index in [1.165, 1.54) is 0 Å². The number of para-hydroxylation sites is 1. The van der Waals surface area contributed by atoms with Gasteiger partial charge in [0.1, 0.15) is 11.1 Å². The Kier molecular flexibility index (Phi) is 1.80. The number of furan rings is 1. The Balaban J connectivity index is 2.12. The van der Waals surface area contributed by atoms with Crippen LogP contribution in [-0.4, -0.2) is 11.2 Å². The molecule has 4 nitrogen and oxygen atoms in total. The molecule has 0 atom stereocenters. The Morgan fingerprint density at radius 2 is 2.06 bits per heavy atom. The summed E-state index contributed by atoms with van der Waals surface area (Å²) in [4.78, 5) is 4.64. The van der Waals surface area contributed by atoms with Gasteiger partial charge in [0.25, 0.3) is 0 Å². The summed E-state index contributed by atoms with van der Waals surface area (Å²) in [5, 5.41) is 5.07. The topological polar surface area (TPSA) is 50.4 Å². The number of nitrogens with one attached hydrogen (secondary N) is 1. The molecule has 0 saturated carbocycles. The number of fused-ring (bicyclic) bond motifs is 4. The number of hydrogen-bond acceptors (Lipinski definition) is 4. The molecule has 1 N–H and O–H groups in total. The van der Waals surface area contributed by atoms with Gasteiger partial charge in [0.2, 0.25) is 0 Å². The van der Waals surface area contributed by atoms with Crippen molar-refractivity contribution in [1.82, 2.24) is 4.98 Å². The first-order chi connectivity index (χ1) is 8.92. The van der Waals surface area contributed by atoms with Crippen molar-refractivity contribution < 1.29 is 4.42 Å². The summed E-state index contributed by atoms with van der Waals surface area (Å²) in [6.45, 7) is 0. The first kappa shape index (κ1) is 9.41. The highest BCUT2D eigenvalue weighted by atomic mass is 16.3. The largest absolute Gasteiger partial charge is 0.454 e. The molecule has 0 amide bonds. The van der Waals surface area contributed by atoms with Crippen LogP contribution < -0.4 is 5.43 Å². The third-order valence-electron chi connectivity index (χ3n) is 2.98. The maximum absolute atomic E-state index is 5.78. The fourth-order valence-corrected chi connectivity index (χ4v) is 2.15. The number of anilines is 1. The molecule has 1 aliphatic heterocycles. The predicted molar refractivity (Wildman–Crippen MR) is 72.7 cm³/mol. The fourth-order valence-electron chi connectivity index (χ4n) is 2.15. The Hall–Kier alpha value is -2.62. The van der Waals surface area contributed by atoms with Crippen LogP contribution in [0.1, 0.15) is 5.69 Å². The highest BCUT2D eigenvalue weighted by Gasteiger charge is 2.12. The van der Waals surface area contributed by atoms with Crippen LogP contribution in [0.5, 0.6) is 0 Å². The summed E-state index contributed by atoms with van der Waals surface area (Å²) in [6.07, 6.45) is 5.49. The quantitative estimate of drug-likeness (QED) is 0.649. The third-order valence-corrected chi connectivity index (χ3v) is 2.98. The van der Waals surface area contributed by atoms with Gasteiger partial charge in [-0.25, -0.2) is 4.98 Å². The molecule has 18 heavy (non-hydrogen) atoms. The summed E-state index contributed by atoms with van der Waals surface area (Å²) in [7, 11) is 0. The van der Waals surface area contributed by atoms with Gasteiger partial charge in [-0.3, -0.25) is 5.43 Å². The summed E-state index contributed by atoms with van der Waals surface area (Å²) < 4.78 is 5.78. The van der Waals surface area contributed by atoms with E-state index in [2.05, 4.69) is 15.5 Å². The number of aromatic nitrogens is 1. The van der Waals surface area contributed by atoms with Gasteiger partial charge in [0.05, 0.1) is 11.4 Å². The van der Waals surface area contributed by atoms with E-state index >= 15 is 0 Å². The lowest BCUT2D eigenvalue weighted by Crippen LogP contribution is -1.92. The van der Waals surface area contributed by atoms with Crippen molar-refractivity contribution in [2.24, 2.45) is 5.10 Å². The van der Waals surface area contributed by atoms with Crippen molar-refractivity contribution >= 4 is 40.0 Å². The van der Waals surface area contributed by atoms with Crippen molar-refractivity contribution in [3.05, 3.63) is 42.1 Å². The molecule has 4 rings (SSSR count). The first-order valence-corrected chi connectivity index (χ1v) is 5.70. The number of hydrogen-bond donors (Lipinski definition) is 1. The summed E-state index contributed by atoms with van der Waals surface area (Å²) in [5.41, 5.74) is 7.18. The number of allylic oxidation sites excluding steroid dienone is 1. The van der Waals surface area contributed by atoms with Gasteiger partial charge in [-0.05, 0) is 24.3 Å². The molecule has 86 valence electrons. The normalized spacial score (nSPS) is 13.6. The second-order valence-electron chi connectivity index (χ2n) is 4.12. The number of nitrogens with zero attached hydrogens (tertiary/aromatic N) is 2. The number of pyridine rings is 1. The van der Waals surface area contributed by atoms with Gasteiger partial charge < -0.3 is 4.42 Å². The molecular weight excluding hydrogens is 226 g/mol. The predicted octanol–water partition coefficient (Wildman–Crippen LogP) is 3.41. The zero-order chi connectivity index (χ0) is 11.9. The molecule has 3 aromatic rings. The summed E-state index contributed by atoms with van der Waals surface area (Å²) in [6, 6.07) is 9.85. The van der Waals surface area contributed by atoms with E-state index < -0.39 is 0 Å². The maximum atomic E-state index is 5.78. The zero-order valence-corrected chi connectivity index (χ0v) is 9.42. The van der Waals surface area contributed by atoms with Crippen LogP contribution in [0, 0.1) is 0 Å². The SMILES string of the molecule is C1=Cc2nc3c(cc2NN=C1)oc1ccccc13. The van der Waals surface area contributed by atoms with Crippen molar-refractivity contribution in [3.63, 3.8) is 0 Å². The molecule has 0 fully saturated rings. The van der Waals surface area contributed by atoms with E-state index in [4.69, 9.17) is 4.42 Å². The van der Waals surface area contributed by atoms with E-state index in [0.29, 0.717) is 0 Å². The summed E-state index contributed by atoms with van der Waals surface area (Å²) in [5.74, 6) is 0. The van der Waals surface area contributed by atoms with E-state index in [1.54, 1.807) is 6.21 Å². The Bertz CT molecular complexity index is 814. The fraction of sp³-hybridized carbons (Fsp3) is 0. The van der Waals surface area contributed by atoms with Gasteiger partial charge in [-0.15, -0.1) is 0 Å². The molecule has 2 aromatic heterocycles. The molecule has 0 aliphatic carbocycles. The zero-order valence-electron chi connectivity index (χ0n) is 9.42. The van der Waals surface area contributed by atoms with Gasteiger partial charge in [-0.1, -0.05) is 12.1 Å². The lowest BCUT2D eigenvalue weighted by atomic mass is 10.2. The minimum Gasteiger partial charge on any atom is -0.454 e. The van der Waals surface area contributed by atoms with Crippen LogP contribution in [0.3, 0.4) is 0 Å². The number of benzene rings is 1. The molecule has 1 aliphatic rings. The van der Waals surface area contributed by atoms with Crippen LogP contribution in [0.2, 0.25) is 0 Å². The van der Waals surface area contributed by atoms with E-state index in [-0.39, 0.29) is 0 Å². The van der Waals surface area contributed by atoms with E-state index in [9.17, 15) is 0 Å². The van der Waals surface area contributed by atoms with Gasteiger partial charge in [-0.2, -0.15) is 5.10 Å². The minimum atomic E-state index is 0.771. The lowest BCUT2D eigenvalue weighted by molar-refractivity contribution is 0.668. The Morgan fingerprint density at radius 3 is 3.06 bits per heavy atom. The average molecular weight is 235 g/mol. The van der Waals surface area contributed by atoms with Crippen molar-refractivity contribution in [3.8, 4) is 0 Å². The Morgan fingerprint density at radius 1 is 1.11 bits per heavy atom. The highest BCUT2D eigenvalue weighted by molar-refractivity contribution is 6.04. The number of rotatable bonds is 0. The van der Waals surface area contributed by atoms with Crippen LogP contribution in [-0.2, 0) is 0 Å². The van der Waals surface area contributed by atoms with Gasteiger partial charge in [0.15, 0.2) is 5.58 Å². The van der Waals surface area contributed by atoms with Crippen LogP contribution in [0.15, 0.2) is 45.9 Å². The van der Waals surface area contributed by atoms with Crippen LogP contribution >= 0.6 is 0 Å². The second kappa shape index (κ2) is 3.43. The monoisotopic (exact) mass is 235 g/mol. The molecule has 3 heterocycles. The molecule has 0 unspecified atom stereocenters. The van der Waals surface area contributed by atoms with Crippen molar-refractivity contribution in [1.29, 1.82) is 0 Å². The van der Waals surface area contributed by atoms with Crippen molar-refractivity contribution in [2.45, 2.75) is 0 Å². The molecule has 1 aromatic carbocycles.